The molecule has 0 saturated heterocycles. The zero-order valence-corrected chi connectivity index (χ0v) is 60.0. The van der Waals surface area contributed by atoms with Crippen LogP contribution in [0.1, 0.15) is 158 Å². The second-order valence-electron chi connectivity index (χ2n) is 20.0. The molecule has 0 atom stereocenters. The third-order valence-electron chi connectivity index (χ3n) is 9.33. The van der Waals surface area contributed by atoms with Crippen LogP contribution in [0.25, 0.3) is 11.1 Å². The molecule has 0 saturated carbocycles. The van der Waals surface area contributed by atoms with E-state index >= 15 is 0 Å². The first kappa shape index (κ1) is 92.0. The van der Waals surface area contributed by atoms with E-state index < -0.39 is 0 Å². The fourth-order valence-electron chi connectivity index (χ4n) is 6.38. The van der Waals surface area contributed by atoms with Gasteiger partial charge in [-0.2, -0.15) is 0 Å². The van der Waals surface area contributed by atoms with Gasteiger partial charge in [0.25, 0.3) is 0 Å². The van der Waals surface area contributed by atoms with Gasteiger partial charge in [0.2, 0.25) is 0 Å². The molecule has 1 radical (unpaired) electrons. The van der Waals surface area contributed by atoms with Gasteiger partial charge >= 0.3 is 132 Å². The van der Waals surface area contributed by atoms with Gasteiger partial charge in [-0.05, 0) is 56.3 Å². The van der Waals surface area contributed by atoms with E-state index in [2.05, 4.69) is 131 Å². The number of hydrogen-bond donors (Lipinski definition) is 3. The van der Waals surface area contributed by atoms with Crippen molar-refractivity contribution in [3.05, 3.63) is 97.1 Å². The SMILES string of the molecule is COc1c(C(C)(C)C)cc(C(C)(C)C)c(O)c1-c1c(O)c(C(C)(C)C)cc(C(C)(C)C)c1OC.COc1cc(O)c(C(C)(C)C)cc1C(C)(C)C.[C-]#N.[C-]#N.[C-]#N.[C-]#N.[C-]#N.[C-]#N.[Fe+6].[K+].[K].[K][K].[OH-]. The maximum atomic E-state index is 11.8. The van der Waals surface area contributed by atoms with Gasteiger partial charge in [0.1, 0.15) is 34.5 Å². The van der Waals surface area contributed by atoms with Crippen LogP contribution >= 0.6 is 0 Å². The van der Waals surface area contributed by atoms with Crippen LogP contribution in [0.15, 0.2) is 24.3 Å². The molecule has 69 heavy (non-hydrogen) atoms. The van der Waals surface area contributed by atoms with Gasteiger partial charge in [-0.15, -0.1) is 0 Å². The summed E-state index contributed by atoms with van der Waals surface area (Å²) < 4.78 is 17.3. The van der Waals surface area contributed by atoms with E-state index in [1.807, 2.05) is 12.1 Å². The van der Waals surface area contributed by atoms with Crippen LogP contribution in [0.4, 0.5) is 0 Å². The number of aromatic hydroxyl groups is 3. The van der Waals surface area contributed by atoms with Crippen LogP contribution in [0.3, 0.4) is 0 Å². The fourth-order valence-corrected chi connectivity index (χ4v) is 6.38. The van der Waals surface area contributed by atoms with Crippen LogP contribution in [0.2, 0.25) is 0 Å². The number of rotatable bonds is 4. The zero-order valence-electron chi connectivity index (χ0n) is 46.4. The maximum Gasteiger partial charge on any atom is -0.870 e. The van der Waals surface area contributed by atoms with Crippen molar-refractivity contribution in [3.8, 4) is 45.6 Å². The molecule has 0 spiro atoms. The van der Waals surface area contributed by atoms with Crippen molar-refractivity contribution in [2.45, 2.75) is 157 Å². The molecule has 0 unspecified atom stereocenters. The molecule has 0 aliphatic carbocycles. The topological polar surface area (TPSA) is 261 Å². The van der Waals surface area contributed by atoms with Gasteiger partial charge < -0.3 is 106 Å². The monoisotopic (exact) mass is 1090 g/mol. The largest absolute Gasteiger partial charge is 0.870 e. The Morgan fingerprint density at radius 3 is 0.768 bits per heavy atom. The van der Waals surface area contributed by atoms with Crippen LogP contribution in [0.5, 0.6) is 34.5 Å². The number of ether oxygens (including phenoxy) is 3. The maximum absolute atomic E-state index is 11.8. The molecular weight excluding hydrogens is 1020 g/mol. The molecule has 0 aromatic heterocycles. The van der Waals surface area contributed by atoms with Gasteiger partial charge in [0, 0.05) is 85.3 Å². The summed E-state index contributed by atoms with van der Waals surface area (Å²) in [5.74, 6) is 2.38. The number of methoxy groups -OCH3 is 3. The zero-order chi connectivity index (χ0) is 54.0. The van der Waals surface area contributed by atoms with Crippen LogP contribution in [-0.4, -0.2) is 157 Å². The Labute approximate surface area is 559 Å². The molecule has 3 rings (SSSR count). The molecule has 359 valence electrons. The first-order valence-electron chi connectivity index (χ1n) is 20.4. The summed E-state index contributed by atoms with van der Waals surface area (Å²) in [6.45, 7) is 66.5. The summed E-state index contributed by atoms with van der Waals surface area (Å²) >= 11 is 2.50. The summed E-state index contributed by atoms with van der Waals surface area (Å²) in [6, 6.07) is 7.87. The second kappa shape index (κ2) is 42.6. The van der Waals surface area contributed by atoms with E-state index in [0.717, 1.165) is 39.1 Å². The number of hydrogen-bond acceptors (Lipinski definition) is 13. The van der Waals surface area contributed by atoms with Crippen LogP contribution in [0, 0.1) is 71.0 Å². The number of phenols is 3. The normalized spacial score (nSPS) is 9.93. The molecule has 4 N–H and O–H groups in total. The van der Waals surface area contributed by atoms with Crippen molar-refractivity contribution >= 4 is 115 Å². The molecule has 0 amide bonds. The Morgan fingerprint density at radius 1 is 0.391 bits per heavy atom. The van der Waals surface area contributed by atoms with Crippen molar-refractivity contribution in [1.29, 1.82) is 31.6 Å². The van der Waals surface area contributed by atoms with Gasteiger partial charge in [-0.25, -0.2) is 0 Å². The number of nitrogens with zero attached hydrogens (tertiary/aromatic N) is 6. The first-order chi connectivity index (χ1) is 29.7. The van der Waals surface area contributed by atoms with E-state index in [9.17, 15) is 15.3 Å². The standard InChI is InChI=1S/C30H46O4.C15H24O2.6CN.Fe.4K.H2O/c1-27(2,3)17-15-19(29(7,8)9)25(33-13)21(23(17)31)22-24(32)18(28(4,5)6)16-20(26(22)34-14)30(10,11)12;1-14(2,3)10-8-11(15(4,5)6)13(17-7)9-12(10)16;6*1-2;;;;;;/h15-16,31-32H,1-14H3;8-9,16H,1-7H3;;;;;;;;;;;;1H2/q;;6*-1;+6;;;;+1;/p-1. The number of phenolic OH excluding ortho intramolecular Hbond substituents is 3. The average Bonchev–Trinajstić information content (AvgIpc) is 3.23. The third kappa shape index (κ3) is 28.8. The van der Waals surface area contributed by atoms with Gasteiger partial charge in [0.05, 0.1) is 32.5 Å². The molecule has 0 aliphatic rings. The van der Waals surface area contributed by atoms with Crippen molar-refractivity contribution in [3.63, 3.8) is 0 Å². The minimum atomic E-state index is -0.331. The predicted molar refractivity (Wildman–Crippen MR) is 264 cm³/mol. The molecule has 18 heteroatoms. The molecule has 0 bridgehead atoms. The Hall–Kier alpha value is 0.425. The third-order valence-corrected chi connectivity index (χ3v) is 9.33. The van der Waals surface area contributed by atoms with Crippen LogP contribution in [-0.2, 0) is 49.6 Å². The minimum Gasteiger partial charge on any atom is -0.870 e. The molecule has 3 aromatic rings. The van der Waals surface area contributed by atoms with Gasteiger partial charge in [-0.1, -0.05) is 125 Å². The molecule has 13 nitrogen and oxygen atoms in total. The quantitative estimate of drug-likeness (QED) is 0.164. The van der Waals surface area contributed by atoms with Crippen molar-refractivity contribution in [1.82, 2.24) is 0 Å². The summed E-state index contributed by atoms with van der Waals surface area (Å²) in [6.07, 6.45) is 0. The van der Waals surface area contributed by atoms with Gasteiger partial charge in [0.15, 0.2) is 0 Å². The van der Waals surface area contributed by atoms with Crippen molar-refractivity contribution in [2.24, 2.45) is 0 Å². The summed E-state index contributed by atoms with van der Waals surface area (Å²) in [4.78, 5) is 0. The second-order valence-corrected chi connectivity index (χ2v) is 20.0. The smallest absolute Gasteiger partial charge is 0.870 e. The molecule has 3 aromatic carbocycles. The van der Waals surface area contributed by atoms with Gasteiger partial charge in [-0.3, -0.25) is 0 Å². The van der Waals surface area contributed by atoms with Crippen molar-refractivity contribution in [2.75, 3.05) is 21.3 Å². The van der Waals surface area contributed by atoms with E-state index in [4.69, 9.17) is 85.2 Å². The molecular formula is C51H71FeK4N6O7. The van der Waals surface area contributed by atoms with Crippen LogP contribution < -0.4 is 65.6 Å². The Bertz CT molecular complexity index is 1910. The molecule has 0 fully saturated rings. The average molecular weight is 1090 g/mol. The Balaban J connectivity index is -0.000000106. The summed E-state index contributed by atoms with van der Waals surface area (Å²) in [5.41, 5.74) is 5.32. The Morgan fingerprint density at radius 2 is 0.594 bits per heavy atom. The Kier molecular flexibility index (Phi) is 56.9. The van der Waals surface area contributed by atoms with E-state index in [1.165, 1.54) is 63.2 Å². The molecule has 0 aliphatic heterocycles. The number of benzene rings is 3. The molecule has 0 heterocycles. The summed E-state index contributed by atoms with van der Waals surface area (Å²) in [7, 11) is 4.87. The first-order valence-corrected chi connectivity index (χ1v) is 36.4. The van der Waals surface area contributed by atoms with E-state index in [0.29, 0.717) is 28.4 Å². The van der Waals surface area contributed by atoms with Crippen molar-refractivity contribution < 1.29 is 103 Å². The predicted octanol–water partition coefficient (Wildman–Crippen LogP) is 8.23. The summed E-state index contributed by atoms with van der Waals surface area (Å²) in [5, 5.41) is 71.1. The van der Waals surface area contributed by atoms with E-state index in [-0.39, 0.29) is 169 Å². The fraction of sp³-hybridized carbons (Fsp3) is 0.529. The van der Waals surface area contributed by atoms with E-state index in [1.54, 1.807) is 27.4 Å². The minimum absolute atomic E-state index is 0.